The zero-order valence-corrected chi connectivity index (χ0v) is 10.2. The number of nitrogens with zero attached hydrogens (tertiary/aromatic N) is 3. The van der Waals surface area contributed by atoms with Crippen LogP contribution in [0.5, 0.6) is 0 Å². The van der Waals surface area contributed by atoms with Gasteiger partial charge in [0.2, 0.25) is 0 Å². The van der Waals surface area contributed by atoms with E-state index in [4.69, 9.17) is 0 Å². The Morgan fingerprint density at radius 3 is 2.62 bits per heavy atom. The second-order valence-corrected chi connectivity index (χ2v) is 4.40. The fourth-order valence-corrected chi connectivity index (χ4v) is 1.81. The second-order valence-electron chi connectivity index (χ2n) is 4.40. The summed E-state index contributed by atoms with van der Waals surface area (Å²) in [6.07, 6.45) is 1.79. The van der Waals surface area contributed by atoms with Gasteiger partial charge in [-0.25, -0.2) is 0 Å². The van der Waals surface area contributed by atoms with Crippen molar-refractivity contribution >= 4 is 0 Å². The minimum absolute atomic E-state index is 0.380. The molecule has 1 aromatic heterocycles. The quantitative estimate of drug-likeness (QED) is 0.770. The van der Waals surface area contributed by atoms with Gasteiger partial charge >= 0.3 is 0 Å². The lowest BCUT2D eigenvalue weighted by Crippen LogP contribution is -2.03. The number of aryl methyl sites for hydroxylation is 1. The molecule has 0 N–H and O–H groups in total. The molecule has 0 saturated carbocycles. The molecule has 0 aliphatic heterocycles. The molecular formula is C13H17N3. The number of hydrogen-bond acceptors (Lipinski definition) is 2. The first-order valence-corrected chi connectivity index (χ1v) is 5.57. The summed E-state index contributed by atoms with van der Waals surface area (Å²) in [5, 5.41) is 8.23. The zero-order chi connectivity index (χ0) is 11.7. The van der Waals surface area contributed by atoms with E-state index in [0.29, 0.717) is 6.04 Å². The van der Waals surface area contributed by atoms with Crippen LogP contribution in [0.3, 0.4) is 0 Å². The molecule has 0 aliphatic rings. The Kier molecular flexibility index (Phi) is 2.77. The van der Waals surface area contributed by atoms with Crippen molar-refractivity contribution in [2.45, 2.75) is 33.7 Å². The van der Waals surface area contributed by atoms with Crippen LogP contribution in [0, 0.1) is 13.8 Å². The summed E-state index contributed by atoms with van der Waals surface area (Å²) >= 11 is 0. The summed E-state index contributed by atoms with van der Waals surface area (Å²) in [5.41, 5.74) is 3.74. The molecule has 0 aliphatic carbocycles. The maximum atomic E-state index is 4.22. The molecule has 0 saturated heterocycles. The molecule has 16 heavy (non-hydrogen) atoms. The Labute approximate surface area is 96.1 Å². The highest BCUT2D eigenvalue weighted by Gasteiger charge is 2.12. The van der Waals surface area contributed by atoms with Gasteiger partial charge < -0.3 is 4.57 Å². The zero-order valence-electron chi connectivity index (χ0n) is 10.2. The number of hydrogen-bond donors (Lipinski definition) is 0. The van der Waals surface area contributed by atoms with Crippen LogP contribution in [0.25, 0.3) is 11.4 Å². The van der Waals surface area contributed by atoms with Gasteiger partial charge in [-0.3, -0.25) is 0 Å². The summed E-state index contributed by atoms with van der Waals surface area (Å²) in [6.45, 7) is 8.52. The second kappa shape index (κ2) is 4.08. The monoisotopic (exact) mass is 215 g/mol. The van der Waals surface area contributed by atoms with E-state index >= 15 is 0 Å². The Morgan fingerprint density at radius 2 is 1.94 bits per heavy atom. The average Bonchev–Trinajstić information content (AvgIpc) is 2.70. The van der Waals surface area contributed by atoms with E-state index < -0.39 is 0 Å². The molecular weight excluding hydrogens is 198 g/mol. The summed E-state index contributed by atoms with van der Waals surface area (Å²) < 4.78 is 2.10. The van der Waals surface area contributed by atoms with Crippen LogP contribution in [0.1, 0.15) is 31.0 Å². The maximum absolute atomic E-state index is 4.22. The lowest BCUT2D eigenvalue weighted by atomic mass is 10.0. The summed E-state index contributed by atoms with van der Waals surface area (Å²) in [7, 11) is 0. The van der Waals surface area contributed by atoms with Gasteiger partial charge in [0.05, 0.1) is 0 Å². The third-order valence-electron chi connectivity index (χ3n) is 2.97. The first-order valence-electron chi connectivity index (χ1n) is 5.57. The van der Waals surface area contributed by atoms with Crippen molar-refractivity contribution in [3.05, 3.63) is 35.7 Å². The van der Waals surface area contributed by atoms with Crippen LogP contribution in [-0.2, 0) is 0 Å². The molecule has 0 fully saturated rings. The van der Waals surface area contributed by atoms with E-state index in [1.165, 1.54) is 16.7 Å². The highest BCUT2D eigenvalue weighted by Crippen LogP contribution is 2.25. The highest BCUT2D eigenvalue weighted by molar-refractivity contribution is 5.61. The van der Waals surface area contributed by atoms with Crippen LogP contribution >= 0.6 is 0 Å². The highest BCUT2D eigenvalue weighted by atomic mass is 15.3. The first kappa shape index (κ1) is 10.9. The largest absolute Gasteiger partial charge is 0.311 e. The number of rotatable bonds is 2. The fraction of sp³-hybridized carbons (Fsp3) is 0.385. The Bertz CT molecular complexity index is 498. The lowest BCUT2D eigenvalue weighted by Gasteiger charge is -2.12. The normalized spacial score (nSPS) is 11.1. The molecule has 2 rings (SSSR count). The summed E-state index contributed by atoms with van der Waals surface area (Å²) in [5.74, 6) is 0.955. The van der Waals surface area contributed by atoms with Crippen molar-refractivity contribution in [3.63, 3.8) is 0 Å². The number of benzene rings is 1. The molecule has 84 valence electrons. The molecule has 0 radical (unpaired) electrons. The van der Waals surface area contributed by atoms with Crippen molar-refractivity contribution in [2.75, 3.05) is 0 Å². The van der Waals surface area contributed by atoms with Gasteiger partial charge in [-0.15, -0.1) is 10.2 Å². The Morgan fingerprint density at radius 1 is 1.19 bits per heavy atom. The predicted octanol–water partition coefficient (Wildman–Crippen LogP) is 3.14. The van der Waals surface area contributed by atoms with E-state index in [1.54, 1.807) is 6.33 Å². The minimum atomic E-state index is 0.380. The van der Waals surface area contributed by atoms with Gasteiger partial charge in [-0.2, -0.15) is 0 Å². The van der Waals surface area contributed by atoms with Crippen LogP contribution < -0.4 is 0 Å². The SMILES string of the molecule is Cc1cccc(-c2nncn2C(C)C)c1C. The lowest BCUT2D eigenvalue weighted by molar-refractivity contribution is 0.604. The molecule has 0 atom stereocenters. The molecule has 0 bridgehead atoms. The van der Waals surface area contributed by atoms with Gasteiger partial charge in [-0.1, -0.05) is 18.2 Å². The molecule has 0 amide bonds. The van der Waals surface area contributed by atoms with Crippen molar-refractivity contribution in [2.24, 2.45) is 0 Å². The maximum Gasteiger partial charge on any atom is 0.164 e. The Hall–Kier alpha value is -1.64. The third kappa shape index (κ3) is 1.73. The van der Waals surface area contributed by atoms with Crippen LogP contribution in [0.2, 0.25) is 0 Å². The van der Waals surface area contributed by atoms with Crippen molar-refractivity contribution < 1.29 is 0 Å². The van der Waals surface area contributed by atoms with E-state index in [0.717, 1.165) is 5.82 Å². The van der Waals surface area contributed by atoms with Gasteiger partial charge in [-0.05, 0) is 38.8 Å². The van der Waals surface area contributed by atoms with Crippen LogP contribution in [0.15, 0.2) is 24.5 Å². The predicted molar refractivity (Wildman–Crippen MR) is 65.3 cm³/mol. The summed E-state index contributed by atoms with van der Waals surface area (Å²) in [4.78, 5) is 0. The average molecular weight is 215 g/mol. The molecule has 0 unspecified atom stereocenters. The Balaban J connectivity index is 2.59. The van der Waals surface area contributed by atoms with Crippen molar-refractivity contribution in [1.29, 1.82) is 0 Å². The van der Waals surface area contributed by atoms with Gasteiger partial charge in [0.15, 0.2) is 5.82 Å². The number of aromatic nitrogens is 3. The smallest absolute Gasteiger partial charge is 0.164 e. The van der Waals surface area contributed by atoms with E-state index in [9.17, 15) is 0 Å². The first-order chi connectivity index (χ1) is 7.61. The molecule has 1 aromatic carbocycles. The molecule has 2 aromatic rings. The minimum Gasteiger partial charge on any atom is -0.311 e. The van der Waals surface area contributed by atoms with Crippen molar-refractivity contribution in [1.82, 2.24) is 14.8 Å². The van der Waals surface area contributed by atoms with Gasteiger partial charge in [0.25, 0.3) is 0 Å². The van der Waals surface area contributed by atoms with Gasteiger partial charge in [0.1, 0.15) is 6.33 Å². The molecule has 1 heterocycles. The van der Waals surface area contributed by atoms with E-state index in [2.05, 4.69) is 60.7 Å². The fourth-order valence-electron chi connectivity index (χ4n) is 1.81. The standard InChI is InChI=1S/C13H17N3/c1-9(2)16-8-14-15-13(16)12-7-5-6-10(3)11(12)4/h5-9H,1-4H3. The topological polar surface area (TPSA) is 30.7 Å². The molecule has 0 spiro atoms. The molecule has 3 heteroatoms. The van der Waals surface area contributed by atoms with Crippen molar-refractivity contribution in [3.8, 4) is 11.4 Å². The summed E-state index contributed by atoms with van der Waals surface area (Å²) in [6, 6.07) is 6.67. The van der Waals surface area contributed by atoms with Gasteiger partial charge in [0, 0.05) is 11.6 Å². The molecule has 3 nitrogen and oxygen atoms in total. The van der Waals surface area contributed by atoms with E-state index in [1.807, 2.05) is 0 Å². The van der Waals surface area contributed by atoms with E-state index in [-0.39, 0.29) is 0 Å². The van der Waals surface area contributed by atoms with Crippen LogP contribution in [0.4, 0.5) is 0 Å². The third-order valence-corrected chi connectivity index (χ3v) is 2.97. The van der Waals surface area contributed by atoms with Crippen LogP contribution in [-0.4, -0.2) is 14.8 Å².